The van der Waals surface area contributed by atoms with Crippen LogP contribution in [0.15, 0.2) is 61.1 Å². The molecule has 2 heterocycles. The molecule has 0 aliphatic rings. The number of nitrogens with one attached hydrogen (secondary N) is 1. The van der Waals surface area contributed by atoms with Gasteiger partial charge in [-0.25, -0.2) is 14.8 Å². The monoisotopic (exact) mass is 424 g/mol. The third-order valence-electron chi connectivity index (χ3n) is 4.78. The number of carboxylic acids is 1. The lowest BCUT2D eigenvalue weighted by Crippen LogP contribution is -2.04. The molecule has 0 fully saturated rings. The molecule has 9 heteroatoms. The van der Waals surface area contributed by atoms with Crippen LogP contribution in [-0.4, -0.2) is 32.1 Å². The molecule has 2 N–H and O–H groups in total. The van der Waals surface area contributed by atoms with Gasteiger partial charge in [0.15, 0.2) is 11.5 Å². The number of aromatic carboxylic acids is 1. The van der Waals surface area contributed by atoms with Crippen molar-refractivity contribution >= 4 is 23.1 Å². The summed E-state index contributed by atoms with van der Waals surface area (Å²) in [5.74, 6) is -0.392. The number of carboxylic acid groups (broad SMARTS) is 1. The van der Waals surface area contributed by atoms with Gasteiger partial charge >= 0.3 is 12.6 Å². The van der Waals surface area contributed by atoms with Gasteiger partial charge in [0.1, 0.15) is 5.75 Å². The number of alkyl halides is 2. The van der Waals surface area contributed by atoms with Crippen LogP contribution in [0, 0.1) is 0 Å². The fourth-order valence-electron chi connectivity index (χ4n) is 3.34. The van der Waals surface area contributed by atoms with E-state index < -0.39 is 12.6 Å². The fourth-order valence-corrected chi connectivity index (χ4v) is 3.34. The largest absolute Gasteiger partial charge is 0.478 e. The minimum Gasteiger partial charge on any atom is -0.478 e. The van der Waals surface area contributed by atoms with Crippen LogP contribution in [-0.2, 0) is 6.42 Å². The summed E-state index contributed by atoms with van der Waals surface area (Å²) in [7, 11) is 0. The summed E-state index contributed by atoms with van der Waals surface area (Å²) in [5, 5.41) is 12.5. The highest BCUT2D eigenvalue weighted by molar-refractivity contribution is 5.90. The second kappa shape index (κ2) is 8.39. The average molecular weight is 424 g/mol. The number of aryl methyl sites for hydroxylation is 1. The first-order valence-corrected chi connectivity index (χ1v) is 9.47. The Kier molecular flexibility index (Phi) is 5.48. The summed E-state index contributed by atoms with van der Waals surface area (Å²) in [6.07, 6.45) is 5.60. The standard InChI is InChI=1S/C22H18F2N4O3/c1-2-13-11-15(5-8-17(13)21(29)30)27-19-20-26-12-18(28(20)10-9-25-19)14-3-6-16(7-4-14)31-22(23)24/h3-12,22H,2H2,1H3,(H,25,27)(H,29,30). The minimum absolute atomic E-state index is 0.0770. The molecule has 0 atom stereocenters. The lowest BCUT2D eigenvalue weighted by molar-refractivity contribution is -0.0498. The molecular formula is C22H18F2N4O3. The quantitative estimate of drug-likeness (QED) is 0.434. The van der Waals surface area contributed by atoms with Crippen LogP contribution in [0.2, 0.25) is 0 Å². The van der Waals surface area contributed by atoms with E-state index >= 15 is 0 Å². The maximum absolute atomic E-state index is 12.4. The highest BCUT2D eigenvalue weighted by Crippen LogP contribution is 2.27. The van der Waals surface area contributed by atoms with Crippen LogP contribution >= 0.6 is 0 Å². The molecule has 0 amide bonds. The number of hydrogen-bond donors (Lipinski definition) is 2. The van der Waals surface area contributed by atoms with E-state index in [1.54, 1.807) is 48.9 Å². The Morgan fingerprint density at radius 3 is 2.65 bits per heavy atom. The van der Waals surface area contributed by atoms with Crippen LogP contribution in [0.5, 0.6) is 5.75 Å². The summed E-state index contributed by atoms with van der Waals surface area (Å²) in [6.45, 7) is -0.984. The summed E-state index contributed by atoms with van der Waals surface area (Å²) in [4.78, 5) is 20.1. The van der Waals surface area contributed by atoms with Crippen LogP contribution in [0.3, 0.4) is 0 Å². The van der Waals surface area contributed by atoms with Crippen molar-refractivity contribution in [3.63, 3.8) is 0 Å². The molecule has 0 saturated carbocycles. The van der Waals surface area contributed by atoms with Gasteiger partial charge in [-0.3, -0.25) is 4.40 Å². The Bertz CT molecular complexity index is 1240. The Balaban J connectivity index is 1.66. The normalized spacial score (nSPS) is 11.1. The molecule has 4 aromatic rings. The summed E-state index contributed by atoms with van der Waals surface area (Å²) in [5.41, 5.74) is 3.75. The number of hydrogen-bond acceptors (Lipinski definition) is 5. The van der Waals surface area contributed by atoms with Gasteiger partial charge in [-0.2, -0.15) is 8.78 Å². The molecule has 0 aliphatic heterocycles. The van der Waals surface area contributed by atoms with Crippen molar-refractivity contribution in [3.8, 4) is 17.0 Å². The van der Waals surface area contributed by atoms with E-state index in [2.05, 4.69) is 20.0 Å². The average Bonchev–Trinajstić information content (AvgIpc) is 3.19. The second-order valence-electron chi connectivity index (χ2n) is 6.67. The lowest BCUT2D eigenvalue weighted by atomic mass is 10.0. The highest BCUT2D eigenvalue weighted by atomic mass is 19.3. The number of halogens is 2. The zero-order chi connectivity index (χ0) is 22.0. The molecule has 0 radical (unpaired) electrons. The SMILES string of the molecule is CCc1cc(Nc2nccn3c(-c4ccc(OC(F)F)cc4)cnc23)ccc1C(=O)O. The van der Waals surface area contributed by atoms with E-state index in [9.17, 15) is 18.7 Å². The summed E-state index contributed by atoms with van der Waals surface area (Å²) in [6, 6.07) is 11.3. The van der Waals surface area contributed by atoms with Crippen molar-refractivity contribution < 1.29 is 23.4 Å². The number of carbonyl (C=O) groups is 1. The minimum atomic E-state index is -2.88. The van der Waals surface area contributed by atoms with Gasteiger partial charge < -0.3 is 15.2 Å². The topological polar surface area (TPSA) is 88.8 Å². The number of fused-ring (bicyclic) bond motifs is 1. The zero-order valence-electron chi connectivity index (χ0n) is 16.4. The van der Waals surface area contributed by atoms with Gasteiger partial charge in [-0.15, -0.1) is 0 Å². The lowest BCUT2D eigenvalue weighted by Gasteiger charge is -2.11. The molecule has 2 aromatic heterocycles. The summed E-state index contributed by atoms with van der Waals surface area (Å²) >= 11 is 0. The number of ether oxygens (including phenoxy) is 1. The van der Waals surface area contributed by atoms with Gasteiger partial charge in [0.2, 0.25) is 0 Å². The third-order valence-corrected chi connectivity index (χ3v) is 4.78. The molecule has 31 heavy (non-hydrogen) atoms. The van der Waals surface area contributed by atoms with Crippen molar-refractivity contribution in [2.24, 2.45) is 0 Å². The Morgan fingerprint density at radius 2 is 1.97 bits per heavy atom. The maximum Gasteiger partial charge on any atom is 0.387 e. The molecule has 0 saturated heterocycles. The van der Waals surface area contributed by atoms with Gasteiger partial charge in [0.25, 0.3) is 0 Å². The maximum atomic E-state index is 12.4. The second-order valence-corrected chi connectivity index (χ2v) is 6.67. The van der Waals surface area contributed by atoms with Crippen molar-refractivity contribution in [3.05, 3.63) is 72.2 Å². The predicted molar refractivity (Wildman–Crippen MR) is 111 cm³/mol. The number of aromatic nitrogens is 3. The first kappa shape index (κ1) is 20.3. The van der Waals surface area contributed by atoms with E-state index in [1.165, 1.54) is 12.1 Å². The molecular weight excluding hydrogens is 406 g/mol. The molecule has 4 rings (SSSR count). The molecule has 7 nitrogen and oxygen atoms in total. The number of rotatable bonds is 7. The van der Waals surface area contributed by atoms with E-state index in [-0.39, 0.29) is 11.3 Å². The van der Waals surface area contributed by atoms with Crippen molar-refractivity contribution in [2.45, 2.75) is 20.0 Å². The molecule has 0 spiro atoms. The Hall–Kier alpha value is -4.01. The van der Waals surface area contributed by atoms with Crippen molar-refractivity contribution in [2.75, 3.05) is 5.32 Å². The Labute approximate surface area is 176 Å². The molecule has 0 bridgehead atoms. The van der Waals surface area contributed by atoms with Crippen LogP contribution < -0.4 is 10.1 Å². The molecule has 2 aromatic carbocycles. The number of imidazole rings is 1. The first-order valence-electron chi connectivity index (χ1n) is 9.47. The molecule has 0 aliphatic carbocycles. The van der Waals surface area contributed by atoms with Crippen LogP contribution in [0.25, 0.3) is 16.9 Å². The van der Waals surface area contributed by atoms with Crippen molar-refractivity contribution in [1.82, 2.24) is 14.4 Å². The van der Waals surface area contributed by atoms with E-state index in [4.69, 9.17) is 0 Å². The van der Waals surface area contributed by atoms with E-state index in [1.807, 2.05) is 11.3 Å². The van der Waals surface area contributed by atoms with Crippen LogP contribution in [0.1, 0.15) is 22.8 Å². The van der Waals surface area contributed by atoms with Crippen molar-refractivity contribution in [1.29, 1.82) is 0 Å². The van der Waals surface area contributed by atoms with Gasteiger partial charge in [-0.05, 0) is 54.4 Å². The van der Waals surface area contributed by atoms with E-state index in [0.717, 1.165) is 11.3 Å². The van der Waals surface area contributed by atoms with E-state index in [0.29, 0.717) is 29.1 Å². The molecule has 158 valence electrons. The zero-order valence-corrected chi connectivity index (χ0v) is 16.4. The first-order chi connectivity index (χ1) is 15.0. The predicted octanol–water partition coefficient (Wildman–Crippen LogP) is 5.00. The fraction of sp³-hybridized carbons (Fsp3) is 0.136. The van der Waals surface area contributed by atoms with Gasteiger partial charge in [-0.1, -0.05) is 6.92 Å². The molecule has 0 unspecified atom stereocenters. The smallest absolute Gasteiger partial charge is 0.387 e. The number of benzene rings is 2. The van der Waals surface area contributed by atoms with Gasteiger partial charge in [0.05, 0.1) is 17.5 Å². The van der Waals surface area contributed by atoms with Gasteiger partial charge in [0, 0.05) is 23.6 Å². The van der Waals surface area contributed by atoms with Crippen LogP contribution in [0.4, 0.5) is 20.3 Å². The number of anilines is 2. The highest BCUT2D eigenvalue weighted by Gasteiger charge is 2.13. The Morgan fingerprint density at radius 1 is 1.19 bits per heavy atom. The number of nitrogens with zero attached hydrogens (tertiary/aromatic N) is 3. The third kappa shape index (κ3) is 4.16. The summed E-state index contributed by atoms with van der Waals surface area (Å²) < 4.78 is 30.9.